The number of nitrogens with one attached hydrogen (secondary N) is 1. The number of carbonyl (C=O) groups excluding carboxylic acids is 1. The number of carboxylic acids is 1. The van der Waals surface area contributed by atoms with Crippen LogP contribution in [0.1, 0.15) is 29.5 Å². The molecule has 1 unspecified atom stereocenters. The normalized spacial score (nSPS) is 12.0. The van der Waals surface area contributed by atoms with Crippen molar-refractivity contribution in [2.45, 2.75) is 25.9 Å². The molecule has 0 bridgehead atoms. The van der Waals surface area contributed by atoms with Crippen molar-refractivity contribution < 1.29 is 19.4 Å². The Morgan fingerprint density at radius 2 is 2.20 bits per heavy atom. The third-order valence-electron chi connectivity index (χ3n) is 3.53. The van der Waals surface area contributed by atoms with Crippen LogP contribution in [0.2, 0.25) is 5.02 Å². The van der Waals surface area contributed by atoms with Crippen molar-refractivity contribution in [3.63, 3.8) is 0 Å². The first-order valence-electron chi connectivity index (χ1n) is 7.72. The maximum absolute atomic E-state index is 12.4. The molecule has 0 radical (unpaired) electrons. The summed E-state index contributed by atoms with van der Waals surface area (Å²) in [6, 6.07) is 7.06. The summed E-state index contributed by atoms with van der Waals surface area (Å²) in [5, 5.41) is 20.0. The Hall–Kier alpha value is -2.45. The molecule has 0 fully saturated rings. The lowest BCUT2D eigenvalue weighted by molar-refractivity contribution is -0.148. The molecule has 0 aliphatic rings. The van der Waals surface area contributed by atoms with Crippen LogP contribution < -0.4 is 5.32 Å². The van der Waals surface area contributed by atoms with Crippen molar-refractivity contribution in [1.82, 2.24) is 20.3 Å². The smallest absolute Gasteiger partial charge is 0.334 e. The van der Waals surface area contributed by atoms with Gasteiger partial charge in [-0.05, 0) is 24.6 Å². The van der Waals surface area contributed by atoms with Gasteiger partial charge in [0.1, 0.15) is 0 Å². The summed E-state index contributed by atoms with van der Waals surface area (Å²) in [5.41, 5.74) is 1.48. The first kappa shape index (κ1) is 18.9. The summed E-state index contributed by atoms with van der Waals surface area (Å²) < 4.78 is 6.36. The number of nitrogens with zero attached hydrogens (tertiary/aromatic N) is 3. The van der Waals surface area contributed by atoms with E-state index >= 15 is 0 Å². The maximum atomic E-state index is 12.4. The molecular formula is C16H19ClN4O4. The van der Waals surface area contributed by atoms with Crippen molar-refractivity contribution in [2.24, 2.45) is 0 Å². The zero-order chi connectivity index (χ0) is 18.4. The SMILES string of the molecule is CCCc1c(C(=O)NCC(OC)C(=O)O)nnn1-c1cccc(Cl)c1. The van der Waals surface area contributed by atoms with E-state index in [1.54, 1.807) is 22.9 Å². The second-order valence-electron chi connectivity index (χ2n) is 5.30. The quantitative estimate of drug-likeness (QED) is 0.736. The Bertz CT molecular complexity index is 762. The molecule has 2 N–H and O–H groups in total. The van der Waals surface area contributed by atoms with Crippen LogP contribution in [-0.2, 0) is 16.0 Å². The van der Waals surface area contributed by atoms with Crippen LogP contribution in [0.15, 0.2) is 24.3 Å². The molecule has 2 aromatic rings. The van der Waals surface area contributed by atoms with Crippen molar-refractivity contribution in [1.29, 1.82) is 0 Å². The Morgan fingerprint density at radius 1 is 1.44 bits per heavy atom. The second kappa shape index (κ2) is 8.59. The number of aliphatic carboxylic acids is 1. The number of carbonyl (C=O) groups is 2. The molecule has 0 aliphatic carbocycles. The van der Waals surface area contributed by atoms with Crippen LogP contribution in [0, 0.1) is 0 Å². The predicted molar refractivity (Wildman–Crippen MR) is 91.1 cm³/mol. The molecule has 8 nitrogen and oxygen atoms in total. The maximum Gasteiger partial charge on any atom is 0.334 e. The molecule has 1 aromatic carbocycles. The van der Waals surface area contributed by atoms with Crippen LogP contribution in [0.5, 0.6) is 0 Å². The van der Waals surface area contributed by atoms with Gasteiger partial charge in [-0.1, -0.05) is 36.2 Å². The largest absolute Gasteiger partial charge is 0.479 e. The molecule has 1 amide bonds. The van der Waals surface area contributed by atoms with Crippen LogP contribution in [0.25, 0.3) is 5.69 Å². The molecule has 0 spiro atoms. The van der Waals surface area contributed by atoms with Gasteiger partial charge in [0, 0.05) is 12.1 Å². The lowest BCUT2D eigenvalue weighted by Crippen LogP contribution is -2.38. The van der Waals surface area contributed by atoms with E-state index in [9.17, 15) is 9.59 Å². The first-order valence-corrected chi connectivity index (χ1v) is 8.10. The minimum Gasteiger partial charge on any atom is -0.479 e. The number of aromatic nitrogens is 3. The highest BCUT2D eigenvalue weighted by Gasteiger charge is 2.23. The molecule has 0 saturated heterocycles. The topological polar surface area (TPSA) is 106 Å². The fourth-order valence-electron chi connectivity index (χ4n) is 2.29. The molecule has 1 atom stereocenters. The predicted octanol–water partition coefficient (Wildman–Crippen LogP) is 1.70. The third kappa shape index (κ3) is 4.55. The van der Waals surface area contributed by atoms with Crippen LogP contribution in [-0.4, -0.2) is 51.7 Å². The van der Waals surface area contributed by atoms with E-state index in [0.29, 0.717) is 22.8 Å². The molecule has 134 valence electrons. The van der Waals surface area contributed by atoms with Gasteiger partial charge in [0.15, 0.2) is 11.8 Å². The number of methoxy groups -OCH3 is 1. The molecule has 9 heteroatoms. The van der Waals surface area contributed by atoms with Gasteiger partial charge in [-0.25, -0.2) is 9.48 Å². The highest BCUT2D eigenvalue weighted by atomic mass is 35.5. The molecule has 2 rings (SSSR count). The van der Waals surface area contributed by atoms with Gasteiger partial charge in [0.2, 0.25) is 0 Å². The number of halogens is 1. The highest BCUT2D eigenvalue weighted by Crippen LogP contribution is 2.18. The van der Waals surface area contributed by atoms with Gasteiger partial charge in [-0.15, -0.1) is 5.10 Å². The monoisotopic (exact) mass is 366 g/mol. The number of benzene rings is 1. The van der Waals surface area contributed by atoms with E-state index in [2.05, 4.69) is 15.6 Å². The van der Waals surface area contributed by atoms with Crippen molar-refractivity contribution in [3.8, 4) is 5.69 Å². The molecule has 1 heterocycles. The number of carboxylic acid groups (broad SMARTS) is 1. The standard InChI is InChI=1S/C16H19ClN4O4/c1-3-5-12-14(15(22)18-9-13(25-2)16(23)24)19-20-21(12)11-7-4-6-10(17)8-11/h4,6-8,13H,3,5,9H2,1-2H3,(H,18,22)(H,23,24). The highest BCUT2D eigenvalue weighted by molar-refractivity contribution is 6.30. The van der Waals surface area contributed by atoms with Crippen molar-refractivity contribution in [3.05, 3.63) is 40.7 Å². The zero-order valence-electron chi connectivity index (χ0n) is 13.9. The average molecular weight is 367 g/mol. The summed E-state index contributed by atoms with van der Waals surface area (Å²) in [4.78, 5) is 23.3. The lowest BCUT2D eigenvalue weighted by atomic mass is 10.2. The van der Waals surface area contributed by atoms with Gasteiger partial charge >= 0.3 is 5.97 Å². The fraction of sp³-hybridized carbons (Fsp3) is 0.375. The fourth-order valence-corrected chi connectivity index (χ4v) is 2.48. The molecule has 0 aliphatic heterocycles. The lowest BCUT2D eigenvalue weighted by Gasteiger charge is -2.11. The minimum absolute atomic E-state index is 0.155. The Morgan fingerprint density at radius 3 is 2.80 bits per heavy atom. The number of hydrogen-bond donors (Lipinski definition) is 2. The van der Waals surface area contributed by atoms with Crippen LogP contribution >= 0.6 is 11.6 Å². The summed E-state index contributed by atoms with van der Waals surface area (Å²) in [7, 11) is 1.27. The summed E-state index contributed by atoms with van der Waals surface area (Å²) in [5.74, 6) is -1.65. The summed E-state index contributed by atoms with van der Waals surface area (Å²) >= 11 is 6.01. The molecular weight excluding hydrogens is 348 g/mol. The second-order valence-corrected chi connectivity index (χ2v) is 5.74. The van der Waals surface area contributed by atoms with Gasteiger partial charge in [0.25, 0.3) is 5.91 Å². The number of amides is 1. The van der Waals surface area contributed by atoms with Crippen molar-refractivity contribution >= 4 is 23.5 Å². The van der Waals surface area contributed by atoms with E-state index in [1.807, 2.05) is 13.0 Å². The first-order chi connectivity index (χ1) is 12.0. The van der Waals surface area contributed by atoms with E-state index < -0.39 is 18.0 Å². The summed E-state index contributed by atoms with van der Waals surface area (Å²) in [6.45, 7) is 1.81. The average Bonchev–Trinajstić information content (AvgIpc) is 2.99. The van der Waals surface area contributed by atoms with Gasteiger partial charge in [0.05, 0.1) is 17.9 Å². The Balaban J connectivity index is 2.26. The zero-order valence-corrected chi connectivity index (χ0v) is 14.7. The number of rotatable bonds is 8. The number of hydrogen-bond acceptors (Lipinski definition) is 5. The van der Waals surface area contributed by atoms with E-state index in [1.165, 1.54) is 7.11 Å². The van der Waals surface area contributed by atoms with Crippen LogP contribution in [0.4, 0.5) is 0 Å². The molecule has 25 heavy (non-hydrogen) atoms. The molecule has 1 aromatic heterocycles. The number of ether oxygens (including phenoxy) is 1. The third-order valence-corrected chi connectivity index (χ3v) is 3.76. The molecule has 0 saturated carbocycles. The van der Waals surface area contributed by atoms with Crippen LogP contribution in [0.3, 0.4) is 0 Å². The van der Waals surface area contributed by atoms with Gasteiger partial charge < -0.3 is 15.2 Å². The van der Waals surface area contributed by atoms with Gasteiger partial charge in [-0.3, -0.25) is 4.79 Å². The van der Waals surface area contributed by atoms with E-state index in [0.717, 1.165) is 6.42 Å². The van der Waals surface area contributed by atoms with Gasteiger partial charge in [-0.2, -0.15) is 0 Å². The summed E-state index contributed by atoms with van der Waals surface area (Å²) in [6.07, 6.45) is 0.236. The van der Waals surface area contributed by atoms with E-state index in [-0.39, 0.29) is 12.2 Å². The van der Waals surface area contributed by atoms with Crippen molar-refractivity contribution in [2.75, 3.05) is 13.7 Å². The Kier molecular flexibility index (Phi) is 6.49. The Labute approximate surface area is 149 Å². The van der Waals surface area contributed by atoms with E-state index in [4.69, 9.17) is 21.4 Å². The minimum atomic E-state index is -1.15.